The summed E-state index contributed by atoms with van der Waals surface area (Å²) in [4.78, 5) is 27.5. The maximum Gasteiger partial charge on any atom is 0.249 e. The zero-order chi connectivity index (χ0) is 16.1. The summed E-state index contributed by atoms with van der Waals surface area (Å²) in [5, 5.41) is 9.53. The summed E-state index contributed by atoms with van der Waals surface area (Å²) < 4.78 is 1.48. The van der Waals surface area contributed by atoms with Gasteiger partial charge in [-0.25, -0.2) is 9.67 Å². The van der Waals surface area contributed by atoms with Crippen molar-refractivity contribution >= 4 is 23.2 Å². The van der Waals surface area contributed by atoms with Gasteiger partial charge in [-0.1, -0.05) is 13.8 Å². The second-order valence-corrected chi connectivity index (χ2v) is 5.26. The van der Waals surface area contributed by atoms with Crippen LogP contribution in [0.3, 0.4) is 0 Å². The minimum atomic E-state index is -0.456. The van der Waals surface area contributed by atoms with Gasteiger partial charge in [-0.15, -0.1) is 0 Å². The number of benzene rings is 1. The van der Waals surface area contributed by atoms with E-state index in [2.05, 4.69) is 20.7 Å². The second kappa shape index (κ2) is 6.84. The molecular formula is C15H19N5O2. The van der Waals surface area contributed by atoms with Gasteiger partial charge in [-0.3, -0.25) is 9.59 Å². The Kier molecular flexibility index (Phi) is 4.88. The van der Waals surface area contributed by atoms with E-state index < -0.39 is 6.04 Å². The molecule has 1 atom stereocenters. The van der Waals surface area contributed by atoms with Gasteiger partial charge in [-0.05, 0) is 31.2 Å². The van der Waals surface area contributed by atoms with Gasteiger partial charge in [0.05, 0.1) is 0 Å². The van der Waals surface area contributed by atoms with Gasteiger partial charge >= 0.3 is 0 Å². The van der Waals surface area contributed by atoms with Crippen molar-refractivity contribution in [2.24, 2.45) is 5.92 Å². The highest BCUT2D eigenvalue weighted by atomic mass is 16.2. The molecule has 0 unspecified atom stereocenters. The molecule has 0 fully saturated rings. The van der Waals surface area contributed by atoms with E-state index in [1.807, 2.05) is 13.8 Å². The van der Waals surface area contributed by atoms with Crippen molar-refractivity contribution in [1.29, 1.82) is 0 Å². The summed E-state index contributed by atoms with van der Waals surface area (Å²) in [6.07, 6.45) is 2.88. The lowest BCUT2D eigenvalue weighted by molar-refractivity contribution is -0.119. The topological polar surface area (TPSA) is 88.9 Å². The summed E-state index contributed by atoms with van der Waals surface area (Å²) in [5.41, 5.74) is 1.35. The molecule has 1 aromatic heterocycles. The molecule has 2 N–H and O–H groups in total. The Bertz CT molecular complexity index is 634. The lowest BCUT2D eigenvalue weighted by atomic mass is 10.2. The molecule has 116 valence electrons. The number of rotatable bonds is 5. The Labute approximate surface area is 128 Å². The first-order valence-electron chi connectivity index (χ1n) is 7.03. The van der Waals surface area contributed by atoms with Crippen LogP contribution in [0.1, 0.15) is 26.8 Å². The molecule has 22 heavy (non-hydrogen) atoms. The summed E-state index contributed by atoms with van der Waals surface area (Å²) in [6, 6.07) is 6.51. The third-order valence-corrected chi connectivity index (χ3v) is 3.16. The van der Waals surface area contributed by atoms with Crippen LogP contribution in [0.25, 0.3) is 0 Å². The molecule has 1 heterocycles. The van der Waals surface area contributed by atoms with E-state index in [-0.39, 0.29) is 17.7 Å². The molecule has 0 saturated carbocycles. The van der Waals surface area contributed by atoms with Crippen molar-refractivity contribution in [3.63, 3.8) is 0 Å². The number of carbonyl (C=O) groups is 2. The molecule has 2 amide bonds. The molecule has 7 heteroatoms. The number of nitrogens with zero attached hydrogens (tertiary/aromatic N) is 3. The number of hydrogen-bond donors (Lipinski definition) is 2. The maximum atomic E-state index is 12.1. The standard InChI is InChI=1S/C15H19N5O2/c1-10(2)14(21)18-12-4-6-13(7-5-12)19-15(22)11(3)20-9-16-8-17-20/h4-11H,1-3H3,(H,18,21)(H,19,22)/t11-/m0/s1. The highest BCUT2D eigenvalue weighted by molar-refractivity contribution is 5.94. The third-order valence-electron chi connectivity index (χ3n) is 3.16. The quantitative estimate of drug-likeness (QED) is 0.884. The Morgan fingerprint density at radius 3 is 2.00 bits per heavy atom. The first-order chi connectivity index (χ1) is 10.5. The average molecular weight is 301 g/mol. The van der Waals surface area contributed by atoms with Crippen molar-refractivity contribution in [3.8, 4) is 0 Å². The number of aromatic nitrogens is 3. The SMILES string of the molecule is CC(C)C(=O)Nc1ccc(NC(=O)[C@H](C)n2cncn2)cc1. The van der Waals surface area contributed by atoms with Crippen LogP contribution in [0.2, 0.25) is 0 Å². The fourth-order valence-electron chi connectivity index (χ4n) is 1.71. The van der Waals surface area contributed by atoms with Crippen LogP contribution in [0.5, 0.6) is 0 Å². The minimum absolute atomic E-state index is 0.0448. The van der Waals surface area contributed by atoms with Crippen molar-refractivity contribution < 1.29 is 9.59 Å². The first kappa shape index (κ1) is 15.7. The number of amides is 2. The lowest BCUT2D eigenvalue weighted by Gasteiger charge is -2.13. The van der Waals surface area contributed by atoms with Crippen molar-refractivity contribution in [2.75, 3.05) is 10.6 Å². The molecule has 0 aliphatic heterocycles. The summed E-state index contributed by atoms with van der Waals surface area (Å²) in [6.45, 7) is 5.39. The van der Waals surface area contributed by atoms with Crippen LogP contribution in [0, 0.1) is 5.92 Å². The molecule has 0 saturated heterocycles. The van der Waals surface area contributed by atoms with E-state index in [1.165, 1.54) is 17.3 Å². The van der Waals surface area contributed by atoms with E-state index in [4.69, 9.17) is 0 Å². The Morgan fingerprint density at radius 2 is 1.55 bits per heavy atom. The number of nitrogens with one attached hydrogen (secondary N) is 2. The van der Waals surface area contributed by atoms with Crippen LogP contribution in [-0.2, 0) is 9.59 Å². The van der Waals surface area contributed by atoms with Gasteiger partial charge in [0.2, 0.25) is 11.8 Å². The Morgan fingerprint density at radius 1 is 1.00 bits per heavy atom. The third kappa shape index (κ3) is 3.91. The van der Waals surface area contributed by atoms with Crippen LogP contribution in [-0.4, -0.2) is 26.6 Å². The Balaban J connectivity index is 1.96. The van der Waals surface area contributed by atoms with Gasteiger partial charge in [0, 0.05) is 17.3 Å². The molecule has 0 spiro atoms. The average Bonchev–Trinajstić information content (AvgIpc) is 3.02. The predicted molar refractivity (Wildman–Crippen MR) is 83.3 cm³/mol. The van der Waals surface area contributed by atoms with Crippen molar-refractivity contribution in [2.45, 2.75) is 26.8 Å². The highest BCUT2D eigenvalue weighted by Gasteiger charge is 2.15. The first-order valence-corrected chi connectivity index (χ1v) is 7.03. The fraction of sp³-hybridized carbons (Fsp3) is 0.333. The van der Waals surface area contributed by atoms with Crippen molar-refractivity contribution in [1.82, 2.24) is 14.8 Å². The van der Waals surface area contributed by atoms with Crippen LogP contribution < -0.4 is 10.6 Å². The molecule has 0 aliphatic rings. The van der Waals surface area contributed by atoms with Gasteiger partial charge in [0.1, 0.15) is 18.7 Å². The van der Waals surface area contributed by atoms with Crippen molar-refractivity contribution in [3.05, 3.63) is 36.9 Å². The fourth-order valence-corrected chi connectivity index (χ4v) is 1.71. The molecule has 1 aromatic carbocycles. The summed E-state index contributed by atoms with van der Waals surface area (Å²) in [5.74, 6) is -0.316. The number of hydrogen-bond acceptors (Lipinski definition) is 4. The summed E-state index contributed by atoms with van der Waals surface area (Å²) in [7, 11) is 0. The van der Waals surface area contributed by atoms with E-state index in [0.29, 0.717) is 11.4 Å². The number of carbonyl (C=O) groups excluding carboxylic acids is 2. The summed E-state index contributed by atoms with van der Waals surface area (Å²) >= 11 is 0. The van der Waals surface area contributed by atoms with E-state index in [9.17, 15) is 9.59 Å². The van der Waals surface area contributed by atoms with E-state index >= 15 is 0 Å². The molecule has 2 aromatic rings. The zero-order valence-corrected chi connectivity index (χ0v) is 12.8. The van der Waals surface area contributed by atoms with Crippen LogP contribution in [0.15, 0.2) is 36.9 Å². The van der Waals surface area contributed by atoms with Crippen LogP contribution in [0.4, 0.5) is 11.4 Å². The number of anilines is 2. The second-order valence-electron chi connectivity index (χ2n) is 5.26. The van der Waals surface area contributed by atoms with Crippen LogP contribution >= 0.6 is 0 Å². The maximum absolute atomic E-state index is 12.1. The molecular weight excluding hydrogens is 282 g/mol. The minimum Gasteiger partial charge on any atom is -0.326 e. The highest BCUT2D eigenvalue weighted by Crippen LogP contribution is 2.16. The monoisotopic (exact) mass is 301 g/mol. The normalized spacial score (nSPS) is 12.0. The van der Waals surface area contributed by atoms with E-state index in [0.717, 1.165) is 0 Å². The zero-order valence-electron chi connectivity index (χ0n) is 12.8. The smallest absolute Gasteiger partial charge is 0.249 e. The van der Waals surface area contributed by atoms with Gasteiger partial charge in [0.25, 0.3) is 0 Å². The lowest BCUT2D eigenvalue weighted by Crippen LogP contribution is -2.24. The molecule has 0 radical (unpaired) electrons. The predicted octanol–water partition coefficient (Wildman–Crippen LogP) is 2.07. The van der Waals surface area contributed by atoms with E-state index in [1.54, 1.807) is 31.2 Å². The molecule has 0 aliphatic carbocycles. The largest absolute Gasteiger partial charge is 0.326 e. The van der Waals surface area contributed by atoms with Gasteiger partial charge in [0.15, 0.2) is 0 Å². The molecule has 0 bridgehead atoms. The van der Waals surface area contributed by atoms with Gasteiger partial charge in [-0.2, -0.15) is 5.10 Å². The molecule has 7 nitrogen and oxygen atoms in total. The van der Waals surface area contributed by atoms with Gasteiger partial charge < -0.3 is 10.6 Å². The molecule has 2 rings (SSSR count). The Hall–Kier alpha value is -2.70.